The number of hydrazone groups is 1. The molecule has 1 aromatic heterocycles. The van der Waals surface area contributed by atoms with E-state index in [0.717, 1.165) is 61.4 Å². The molecule has 1 aromatic carbocycles. The van der Waals surface area contributed by atoms with E-state index in [-0.39, 0.29) is 5.91 Å². The van der Waals surface area contributed by atoms with Gasteiger partial charge in [0.1, 0.15) is 5.69 Å². The van der Waals surface area contributed by atoms with Gasteiger partial charge in [0.2, 0.25) is 5.69 Å². The number of amides is 1. The molecule has 1 saturated carbocycles. The van der Waals surface area contributed by atoms with Crippen molar-refractivity contribution in [1.82, 2.24) is 9.88 Å². The van der Waals surface area contributed by atoms with Gasteiger partial charge in [-0.05, 0) is 74.6 Å². The molecular weight excluding hydrogens is 470 g/mol. The summed E-state index contributed by atoms with van der Waals surface area (Å²) in [7, 11) is 0. The number of aromatic nitrogens is 1. The van der Waals surface area contributed by atoms with Crippen molar-refractivity contribution in [3.05, 3.63) is 63.7 Å². The van der Waals surface area contributed by atoms with Gasteiger partial charge in [-0.25, -0.2) is 9.83 Å². The number of carbonyl (C=O) groups is 1. The molecule has 36 heavy (non-hydrogen) atoms. The number of hydrogen-bond donors (Lipinski definition) is 0. The Kier molecular flexibility index (Phi) is 6.21. The smallest absolute Gasteiger partial charge is 0.272 e. The van der Waals surface area contributed by atoms with Gasteiger partial charge in [0.05, 0.1) is 29.7 Å². The molecule has 2 fully saturated rings. The van der Waals surface area contributed by atoms with E-state index in [4.69, 9.17) is 28.3 Å². The van der Waals surface area contributed by atoms with Crippen molar-refractivity contribution in [2.24, 2.45) is 22.9 Å². The van der Waals surface area contributed by atoms with Gasteiger partial charge < -0.3 is 4.90 Å². The summed E-state index contributed by atoms with van der Waals surface area (Å²) < 4.78 is 0. The molecule has 1 saturated heterocycles. The number of piperidine rings is 1. The van der Waals surface area contributed by atoms with Crippen molar-refractivity contribution in [1.29, 1.82) is 0 Å². The minimum Gasteiger partial charge on any atom is -0.337 e. The second kappa shape index (κ2) is 9.52. The molecule has 0 spiro atoms. The lowest BCUT2D eigenvalue weighted by Gasteiger charge is -2.34. The number of anilines is 1. The van der Waals surface area contributed by atoms with Gasteiger partial charge in [0, 0.05) is 29.6 Å². The Labute approximate surface area is 218 Å². The first kappa shape index (κ1) is 23.5. The summed E-state index contributed by atoms with van der Waals surface area (Å²) in [5.74, 6) is 1.67. The molecule has 2 atom stereocenters. The maximum absolute atomic E-state index is 13.2. The molecule has 6 nitrogen and oxygen atoms in total. The van der Waals surface area contributed by atoms with Crippen molar-refractivity contribution in [3.63, 3.8) is 0 Å². The molecular formula is C29H32ClN5O. The standard InChI is InChI=1S/C29H32ClN5O/c1-18-13-15-34(16-14-18)29(36)26-12-8-21-24(32-26)11-9-22-27(21)33-35(28(22)19-5-3-4-6-19)20-7-10-25(31-2)23(30)17-20/h7-8,10,12,17-19,22,28H,3-6,9,11,13-16H2,1H3/t22-,28-/m1/s1. The number of benzene rings is 1. The van der Waals surface area contributed by atoms with Crippen molar-refractivity contribution in [2.75, 3.05) is 18.1 Å². The van der Waals surface area contributed by atoms with Gasteiger partial charge in [-0.1, -0.05) is 37.4 Å². The second-order valence-corrected chi connectivity index (χ2v) is 11.3. The number of likely N-dealkylation sites (tertiary alicyclic amines) is 1. The van der Waals surface area contributed by atoms with E-state index in [0.29, 0.717) is 40.2 Å². The molecule has 186 valence electrons. The van der Waals surface area contributed by atoms with Crippen LogP contribution in [0.5, 0.6) is 0 Å². The lowest BCUT2D eigenvalue weighted by molar-refractivity contribution is 0.0691. The average molecular weight is 502 g/mol. The van der Waals surface area contributed by atoms with Crippen LogP contribution >= 0.6 is 11.6 Å². The summed E-state index contributed by atoms with van der Waals surface area (Å²) in [6, 6.07) is 9.94. The number of aryl methyl sites for hydroxylation is 1. The first-order valence-electron chi connectivity index (χ1n) is 13.4. The normalized spacial score (nSPS) is 24.3. The highest BCUT2D eigenvalue weighted by molar-refractivity contribution is 6.33. The lowest BCUT2D eigenvalue weighted by Crippen LogP contribution is -2.41. The second-order valence-electron chi connectivity index (χ2n) is 10.9. The highest BCUT2D eigenvalue weighted by atomic mass is 35.5. The van der Waals surface area contributed by atoms with Crippen LogP contribution in [-0.2, 0) is 6.42 Å². The fourth-order valence-electron chi connectivity index (χ4n) is 6.65. The fraction of sp³-hybridized carbons (Fsp3) is 0.517. The zero-order valence-corrected chi connectivity index (χ0v) is 21.5. The largest absolute Gasteiger partial charge is 0.337 e. The monoisotopic (exact) mass is 501 g/mol. The van der Waals surface area contributed by atoms with Gasteiger partial charge in [0.15, 0.2) is 0 Å². The number of pyridine rings is 1. The van der Waals surface area contributed by atoms with Crippen LogP contribution in [0, 0.1) is 24.3 Å². The Morgan fingerprint density at radius 3 is 2.58 bits per heavy atom. The summed E-state index contributed by atoms with van der Waals surface area (Å²) in [4.78, 5) is 23.5. The van der Waals surface area contributed by atoms with Gasteiger partial charge in [-0.3, -0.25) is 9.80 Å². The number of hydrogen-bond acceptors (Lipinski definition) is 4. The topological polar surface area (TPSA) is 53.2 Å². The molecule has 7 heteroatoms. The Balaban J connectivity index is 1.33. The molecule has 4 aliphatic rings. The van der Waals surface area contributed by atoms with E-state index in [2.05, 4.69) is 22.8 Å². The number of halogens is 1. The fourth-order valence-corrected chi connectivity index (χ4v) is 6.86. The molecule has 2 aromatic rings. The summed E-state index contributed by atoms with van der Waals surface area (Å²) >= 11 is 6.43. The first-order chi connectivity index (χ1) is 17.5. The van der Waals surface area contributed by atoms with Gasteiger partial charge in [0.25, 0.3) is 5.91 Å². The third-order valence-electron chi connectivity index (χ3n) is 8.69. The molecule has 0 bridgehead atoms. The van der Waals surface area contributed by atoms with Gasteiger partial charge >= 0.3 is 0 Å². The van der Waals surface area contributed by atoms with Crippen LogP contribution in [0.15, 0.2) is 35.4 Å². The molecule has 1 amide bonds. The van der Waals surface area contributed by atoms with E-state index < -0.39 is 0 Å². The number of nitrogens with zero attached hydrogens (tertiary/aromatic N) is 5. The average Bonchev–Trinajstić information content (AvgIpc) is 3.56. The summed E-state index contributed by atoms with van der Waals surface area (Å²) in [6.45, 7) is 11.2. The predicted octanol–water partition coefficient (Wildman–Crippen LogP) is 6.50. The van der Waals surface area contributed by atoms with E-state index in [9.17, 15) is 4.79 Å². The Morgan fingerprint density at radius 1 is 1.08 bits per heavy atom. The van der Waals surface area contributed by atoms with Crippen LogP contribution in [0.1, 0.15) is 73.6 Å². The number of fused-ring (bicyclic) bond motifs is 3. The van der Waals surface area contributed by atoms with Crippen LogP contribution in [-0.4, -0.2) is 40.6 Å². The minimum absolute atomic E-state index is 0.0557. The predicted molar refractivity (Wildman–Crippen MR) is 143 cm³/mol. The molecule has 6 rings (SSSR count). The SMILES string of the molecule is [C-]#[N+]c1ccc(N2N=C3c4ccc(C(=O)N5CCC(C)CC5)nc4CC[C@H]3[C@H]2C2CCCC2)cc1Cl. The van der Waals surface area contributed by atoms with Crippen LogP contribution in [0.25, 0.3) is 4.85 Å². The first-order valence-corrected chi connectivity index (χ1v) is 13.8. The summed E-state index contributed by atoms with van der Waals surface area (Å²) in [5, 5.41) is 7.85. The Morgan fingerprint density at radius 2 is 1.86 bits per heavy atom. The third kappa shape index (κ3) is 4.08. The maximum Gasteiger partial charge on any atom is 0.272 e. The van der Waals surface area contributed by atoms with Crippen LogP contribution in [0.4, 0.5) is 11.4 Å². The van der Waals surface area contributed by atoms with Gasteiger partial charge in [-0.15, -0.1) is 0 Å². The zero-order chi connectivity index (χ0) is 24.8. The lowest BCUT2D eigenvalue weighted by atomic mass is 9.76. The minimum atomic E-state index is 0.0557. The third-order valence-corrected chi connectivity index (χ3v) is 9.00. The van der Waals surface area contributed by atoms with Gasteiger partial charge in [-0.2, -0.15) is 5.10 Å². The van der Waals surface area contributed by atoms with Crippen molar-refractivity contribution in [3.8, 4) is 0 Å². The Bertz CT molecular complexity index is 1250. The van der Waals surface area contributed by atoms with E-state index >= 15 is 0 Å². The number of carbonyl (C=O) groups excluding carboxylic acids is 1. The quantitative estimate of drug-likeness (QED) is 0.451. The molecule has 0 unspecified atom stereocenters. The van der Waals surface area contributed by atoms with E-state index in [1.54, 1.807) is 6.07 Å². The van der Waals surface area contributed by atoms with Crippen molar-refractivity contribution < 1.29 is 4.79 Å². The van der Waals surface area contributed by atoms with Crippen LogP contribution < -0.4 is 5.01 Å². The summed E-state index contributed by atoms with van der Waals surface area (Å²) in [5.41, 5.74) is 5.16. The van der Waals surface area contributed by atoms with Crippen molar-refractivity contribution >= 4 is 34.6 Å². The highest BCUT2D eigenvalue weighted by Crippen LogP contribution is 2.45. The van der Waals surface area contributed by atoms with E-state index in [1.165, 1.54) is 25.7 Å². The van der Waals surface area contributed by atoms with Crippen LogP contribution in [0.3, 0.4) is 0 Å². The van der Waals surface area contributed by atoms with Crippen LogP contribution in [0.2, 0.25) is 5.02 Å². The maximum atomic E-state index is 13.2. The highest BCUT2D eigenvalue weighted by Gasteiger charge is 2.46. The molecule has 0 N–H and O–H groups in total. The molecule has 3 heterocycles. The zero-order valence-electron chi connectivity index (χ0n) is 20.8. The molecule has 2 aliphatic carbocycles. The Hall–Kier alpha value is -2.91. The molecule has 2 aliphatic heterocycles. The number of rotatable bonds is 3. The van der Waals surface area contributed by atoms with E-state index in [1.807, 2.05) is 23.1 Å². The summed E-state index contributed by atoms with van der Waals surface area (Å²) in [6.07, 6.45) is 8.97. The van der Waals surface area contributed by atoms with Crippen molar-refractivity contribution in [2.45, 2.75) is 64.3 Å². The molecule has 0 radical (unpaired) electrons.